The van der Waals surface area contributed by atoms with Gasteiger partial charge >= 0.3 is 23.9 Å². The van der Waals surface area contributed by atoms with Gasteiger partial charge in [0.1, 0.15) is 47.5 Å². The molecule has 0 N–H and O–H groups in total. The van der Waals surface area contributed by atoms with Crippen LogP contribution >= 0.6 is 0 Å². The summed E-state index contributed by atoms with van der Waals surface area (Å²) < 4.78 is 28.2. The molecule has 7 rings (SSSR count). The molecule has 1 aliphatic heterocycles. The van der Waals surface area contributed by atoms with E-state index in [-0.39, 0.29) is 62.2 Å². The van der Waals surface area contributed by atoms with E-state index in [1.54, 1.807) is 0 Å². The standard InChI is InChI=1S/C66H94N10O12/c1-37(2)29-51-63(81)85-41(9)59(77)71(13)54(32-40(7)8)66(84)88-56(34-46-19-23-48(24-20-46)36-76-58(50-27-28-50)68-44(12)70-76)62(80)74(16)52(30-38(3)4)64(82)86-42(10)60(78)72(14)53(31-39(5)6)65(83)87-55(61(79)73(51)15)33-45-17-21-47(22-18-45)35-75-57(49-25-26-49)67-43(11)69-75/h17-24,37-42,49-56H,25-36H2,1-16H3/t41-,42-,51+,52+,53+,54+,55-,56-/m1/s1. The first-order valence-electron chi connectivity index (χ1n) is 31.4. The van der Waals surface area contributed by atoms with Crippen molar-refractivity contribution in [3.63, 3.8) is 0 Å². The lowest BCUT2D eigenvalue weighted by atomic mass is 9.99. The second-order valence-corrected chi connectivity index (χ2v) is 26.3. The predicted molar refractivity (Wildman–Crippen MR) is 327 cm³/mol. The molecule has 88 heavy (non-hydrogen) atoms. The lowest BCUT2D eigenvalue weighted by Crippen LogP contribution is -2.55. The molecule has 4 aromatic rings. The number of aryl methyl sites for hydroxylation is 2. The van der Waals surface area contributed by atoms with Gasteiger partial charge in [0.2, 0.25) is 0 Å². The minimum Gasteiger partial charge on any atom is -0.451 e. The third-order valence-electron chi connectivity index (χ3n) is 16.5. The highest BCUT2D eigenvalue weighted by Crippen LogP contribution is 2.40. The highest BCUT2D eigenvalue weighted by atomic mass is 16.6. The molecule has 2 aromatic carbocycles. The maximum atomic E-state index is 15.1. The molecule has 3 heterocycles. The van der Waals surface area contributed by atoms with Gasteiger partial charge in [0.15, 0.2) is 24.4 Å². The highest BCUT2D eigenvalue weighted by molar-refractivity contribution is 5.94. The molecule has 0 bridgehead atoms. The molecule has 2 aliphatic carbocycles. The number of carbonyl (C=O) groups is 8. The number of hydrogen-bond donors (Lipinski definition) is 0. The molecule has 480 valence electrons. The molecule has 3 aliphatic rings. The van der Waals surface area contributed by atoms with Gasteiger partial charge in [-0.25, -0.2) is 38.5 Å². The molecule has 1 saturated heterocycles. The van der Waals surface area contributed by atoms with E-state index in [9.17, 15) is 28.8 Å². The molecular weight excluding hydrogens is 1120 g/mol. The number of carbonyl (C=O) groups excluding carboxylic acids is 8. The Morgan fingerprint density at radius 1 is 0.409 bits per heavy atom. The maximum Gasteiger partial charge on any atom is 0.329 e. The summed E-state index contributed by atoms with van der Waals surface area (Å²) in [6.07, 6.45) is -1.78. The van der Waals surface area contributed by atoms with Crippen LogP contribution < -0.4 is 0 Å². The van der Waals surface area contributed by atoms with E-state index < -0.39 is 96.1 Å². The molecule has 3 fully saturated rings. The number of likely N-dealkylation sites (N-methyl/N-ethyl adjacent to an activating group) is 4. The molecule has 22 nitrogen and oxygen atoms in total. The molecule has 8 atom stereocenters. The van der Waals surface area contributed by atoms with Gasteiger partial charge in [-0.1, -0.05) is 104 Å². The number of ether oxygens (including phenoxy) is 4. The number of benzene rings is 2. The largest absolute Gasteiger partial charge is 0.451 e. The zero-order valence-electron chi connectivity index (χ0n) is 54.6. The van der Waals surface area contributed by atoms with Crippen LogP contribution in [0.1, 0.15) is 178 Å². The second kappa shape index (κ2) is 29.7. The van der Waals surface area contributed by atoms with Crippen LogP contribution in [-0.4, -0.2) is 173 Å². The van der Waals surface area contributed by atoms with Crippen LogP contribution in [0.15, 0.2) is 48.5 Å². The Morgan fingerprint density at radius 2 is 0.670 bits per heavy atom. The number of aromatic nitrogens is 6. The minimum atomic E-state index is -1.54. The maximum absolute atomic E-state index is 15.1. The average Bonchev–Trinajstić information content (AvgIpc) is 4.24. The number of nitrogens with zero attached hydrogens (tertiary/aromatic N) is 10. The van der Waals surface area contributed by atoms with E-state index >= 15 is 9.59 Å². The van der Waals surface area contributed by atoms with Crippen molar-refractivity contribution < 1.29 is 57.3 Å². The Hall–Kier alpha value is -7.52. The first-order valence-corrected chi connectivity index (χ1v) is 31.4. The summed E-state index contributed by atoms with van der Waals surface area (Å²) in [7, 11) is 5.61. The first-order chi connectivity index (χ1) is 41.5. The predicted octanol–water partition coefficient (Wildman–Crippen LogP) is 7.32. The summed E-state index contributed by atoms with van der Waals surface area (Å²) in [4.78, 5) is 132. The van der Waals surface area contributed by atoms with Crippen LogP contribution in [0, 0.1) is 37.5 Å². The molecule has 4 amide bonds. The summed E-state index contributed by atoms with van der Waals surface area (Å²) in [5.74, 6) is -3.43. The van der Waals surface area contributed by atoms with Crippen LogP contribution in [0.3, 0.4) is 0 Å². The van der Waals surface area contributed by atoms with Crippen molar-refractivity contribution in [3.8, 4) is 0 Å². The van der Waals surface area contributed by atoms with E-state index in [2.05, 4.69) is 20.2 Å². The molecule has 2 aromatic heterocycles. The normalized spacial score (nSPS) is 24.0. The fourth-order valence-electron chi connectivity index (χ4n) is 11.3. The lowest BCUT2D eigenvalue weighted by Gasteiger charge is -2.35. The zero-order chi connectivity index (χ0) is 64.6. The monoisotopic (exact) mass is 1220 g/mol. The van der Waals surface area contributed by atoms with Gasteiger partial charge in [-0.2, -0.15) is 10.2 Å². The van der Waals surface area contributed by atoms with Gasteiger partial charge in [0.25, 0.3) is 23.6 Å². The van der Waals surface area contributed by atoms with E-state index in [1.165, 1.54) is 51.8 Å². The van der Waals surface area contributed by atoms with Crippen molar-refractivity contribution in [2.24, 2.45) is 23.7 Å². The lowest BCUT2D eigenvalue weighted by molar-refractivity contribution is -0.176. The molecule has 0 spiro atoms. The van der Waals surface area contributed by atoms with Crippen LogP contribution in [0.5, 0.6) is 0 Å². The van der Waals surface area contributed by atoms with Crippen molar-refractivity contribution in [1.82, 2.24) is 49.1 Å². The van der Waals surface area contributed by atoms with Crippen molar-refractivity contribution >= 4 is 47.5 Å². The molecule has 2 saturated carbocycles. The summed E-state index contributed by atoms with van der Waals surface area (Å²) in [5, 5.41) is 9.25. The Bertz CT molecular complexity index is 2890. The minimum absolute atomic E-state index is 0.0808. The summed E-state index contributed by atoms with van der Waals surface area (Å²) >= 11 is 0. The summed E-state index contributed by atoms with van der Waals surface area (Å²) in [5.41, 5.74) is 3.09. The van der Waals surface area contributed by atoms with Gasteiger partial charge in [-0.05, 0) is 125 Å². The Morgan fingerprint density at radius 3 is 0.943 bits per heavy atom. The fourth-order valence-corrected chi connectivity index (χ4v) is 11.3. The smallest absolute Gasteiger partial charge is 0.329 e. The van der Waals surface area contributed by atoms with Gasteiger partial charge in [0.05, 0.1) is 13.1 Å². The van der Waals surface area contributed by atoms with Crippen LogP contribution in [0.4, 0.5) is 0 Å². The van der Waals surface area contributed by atoms with Gasteiger partial charge < -0.3 is 38.5 Å². The number of esters is 4. The third-order valence-corrected chi connectivity index (χ3v) is 16.5. The average molecular weight is 1220 g/mol. The summed E-state index contributed by atoms with van der Waals surface area (Å²) in [6.45, 7) is 22.3. The third kappa shape index (κ3) is 17.8. The van der Waals surface area contributed by atoms with E-state index in [1.807, 2.05) is 127 Å². The number of rotatable bonds is 18. The zero-order valence-corrected chi connectivity index (χ0v) is 54.6. The highest BCUT2D eigenvalue weighted by Gasteiger charge is 2.43. The van der Waals surface area contributed by atoms with Gasteiger partial charge in [-0.15, -0.1) is 0 Å². The van der Waals surface area contributed by atoms with Crippen molar-refractivity contribution in [2.45, 2.75) is 221 Å². The van der Waals surface area contributed by atoms with E-state index in [0.29, 0.717) is 47.7 Å². The van der Waals surface area contributed by atoms with Crippen LogP contribution in [-0.2, 0) is 83.2 Å². The van der Waals surface area contributed by atoms with Crippen LogP contribution in [0.2, 0.25) is 0 Å². The molecule has 0 radical (unpaired) electrons. The Labute approximate surface area is 518 Å². The summed E-state index contributed by atoms with van der Waals surface area (Å²) in [6, 6.07) is 9.76. The van der Waals surface area contributed by atoms with Crippen molar-refractivity contribution in [2.75, 3.05) is 28.2 Å². The van der Waals surface area contributed by atoms with Crippen molar-refractivity contribution in [1.29, 1.82) is 0 Å². The topological polar surface area (TPSA) is 248 Å². The number of cyclic esters (lactones) is 4. The van der Waals surface area contributed by atoms with Crippen molar-refractivity contribution in [3.05, 3.63) is 94.1 Å². The Balaban J connectivity index is 1.24. The number of hydrogen-bond acceptors (Lipinski definition) is 16. The second-order valence-electron chi connectivity index (χ2n) is 26.3. The molecule has 22 heteroatoms. The first kappa shape index (κ1) is 68.0. The van der Waals surface area contributed by atoms with Gasteiger partial charge in [-0.3, -0.25) is 19.2 Å². The van der Waals surface area contributed by atoms with E-state index in [4.69, 9.17) is 18.9 Å². The van der Waals surface area contributed by atoms with Crippen LogP contribution in [0.25, 0.3) is 0 Å². The van der Waals surface area contributed by atoms with E-state index in [0.717, 1.165) is 58.3 Å². The quantitative estimate of drug-likeness (QED) is 0.0699. The molecule has 0 unspecified atom stereocenters. The molecular formula is C66H94N10O12. The SMILES string of the molecule is Cc1nc(C2CC2)n(Cc2ccc(C[C@H]3OC(=O)[C@H](CC(C)C)N(C)C(=O)[C@@H](C)OC(=O)[C@H](CC(C)C)N(C)C(=O)[C@@H](Cc4ccc(Cn5nc(C)nc5C5CC5)cc4)OC(=O)[C@H](CC(C)C)N(C)C(=O)[C@@H](C)OC(=O)[C@H](CC(C)C)N(C)C3=O)cc2)n1. The Kier molecular flexibility index (Phi) is 22.9. The van der Waals surface area contributed by atoms with Gasteiger partial charge in [0, 0.05) is 52.9 Å². The fraction of sp³-hybridized carbons (Fsp3) is 0.636. The number of amides is 4.